The Morgan fingerprint density at radius 2 is 2.30 bits per heavy atom. The number of carbonyl (C=O) groups is 1. The van der Waals surface area contributed by atoms with Gasteiger partial charge in [-0.2, -0.15) is 0 Å². The summed E-state index contributed by atoms with van der Waals surface area (Å²) in [6.45, 7) is 1.48. The van der Waals surface area contributed by atoms with E-state index < -0.39 is 0 Å². The average molecular weight is 139 g/mol. The van der Waals surface area contributed by atoms with Crippen molar-refractivity contribution in [3.63, 3.8) is 0 Å². The number of ether oxygens (including phenoxy) is 1. The summed E-state index contributed by atoms with van der Waals surface area (Å²) in [5, 5.41) is 6.77. The molecule has 2 unspecified atom stereocenters. The molecule has 3 heteroatoms. The summed E-state index contributed by atoms with van der Waals surface area (Å²) in [6.07, 6.45) is 4.26. The fourth-order valence-corrected chi connectivity index (χ4v) is 0.655. The number of carbonyl (C=O) groups excluding carboxylic acids is 1. The molecule has 1 rings (SSSR count). The number of nitrogens with one attached hydrogen (secondary N) is 1. The van der Waals surface area contributed by atoms with Gasteiger partial charge in [-0.1, -0.05) is 0 Å². The first-order valence-electron chi connectivity index (χ1n) is 3.09. The van der Waals surface area contributed by atoms with Gasteiger partial charge in [0.25, 0.3) is 0 Å². The van der Waals surface area contributed by atoms with Crippen molar-refractivity contribution in [2.24, 2.45) is 0 Å². The van der Waals surface area contributed by atoms with Crippen LogP contribution in [-0.4, -0.2) is 24.2 Å². The van der Waals surface area contributed by atoms with Crippen molar-refractivity contribution in [2.45, 2.75) is 19.1 Å². The maximum absolute atomic E-state index is 10.4. The number of ketones is 1. The van der Waals surface area contributed by atoms with Crippen LogP contribution in [0.5, 0.6) is 0 Å². The largest absolute Gasteiger partial charge is 0.359 e. The highest BCUT2D eigenvalue weighted by Crippen LogP contribution is 2.20. The van der Waals surface area contributed by atoms with Gasteiger partial charge < -0.3 is 10.1 Å². The number of allylic oxidation sites excluding steroid dienone is 1. The normalized spacial score (nSPS) is 30.5. The molecule has 0 aromatic heterocycles. The van der Waals surface area contributed by atoms with Crippen LogP contribution >= 0.6 is 0 Å². The molecule has 0 saturated carbocycles. The molecular weight excluding hydrogens is 130 g/mol. The molecular formula is C7H9NO2. The van der Waals surface area contributed by atoms with Crippen LogP contribution in [0.4, 0.5) is 0 Å². The number of hydrogen-bond donors (Lipinski definition) is 1. The Bertz CT molecular complexity index is 186. The number of epoxide rings is 1. The quantitative estimate of drug-likeness (QED) is 0.352. The smallest absolute Gasteiger partial charge is 0.152 e. The van der Waals surface area contributed by atoms with Crippen molar-refractivity contribution >= 4 is 12.0 Å². The molecule has 0 aromatic carbocycles. The Kier molecular flexibility index (Phi) is 1.97. The lowest BCUT2D eigenvalue weighted by Gasteiger charge is -1.76. The first kappa shape index (κ1) is 7.15. The van der Waals surface area contributed by atoms with E-state index in [0.717, 1.165) is 0 Å². The summed E-state index contributed by atoms with van der Waals surface area (Å²) >= 11 is 0. The molecule has 0 spiro atoms. The molecule has 1 N–H and O–H groups in total. The fourth-order valence-electron chi connectivity index (χ4n) is 0.655. The van der Waals surface area contributed by atoms with E-state index in [1.165, 1.54) is 19.2 Å². The summed E-state index contributed by atoms with van der Waals surface area (Å²) in [5.74, 6) is 0.0132. The van der Waals surface area contributed by atoms with Gasteiger partial charge in [-0.15, -0.1) is 0 Å². The third-order valence-corrected chi connectivity index (χ3v) is 1.25. The molecule has 0 amide bonds. The lowest BCUT2D eigenvalue weighted by atomic mass is 10.3. The van der Waals surface area contributed by atoms with Gasteiger partial charge in [0.2, 0.25) is 0 Å². The van der Waals surface area contributed by atoms with Crippen LogP contribution in [0.25, 0.3) is 0 Å². The van der Waals surface area contributed by atoms with Crippen LogP contribution in [0, 0.1) is 5.41 Å². The van der Waals surface area contributed by atoms with Gasteiger partial charge in [-0.3, -0.25) is 4.79 Å². The van der Waals surface area contributed by atoms with E-state index in [1.807, 2.05) is 0 Å². The first-order valence-corrected chi connectivity index (χ1v) is 3.09. The van der Waals surface area contributed by atoms with Gasteiger partial charge in [0.15, 0.2) is 5.78 Å². The van der Waals surface area contributed by atoms with Gasteiger partial charge in [-0.25, -0.2) is 0 Å². The van der Waals surface area contributed by atoms with Crippen LogP contribution in [0.15, 0.2) is 12.2 Å². The van der Waals surface area contributed by atoms with Crippen LogP contribution in [0.1, 0.15) is 6.92 Å². The lowest BCUT2D eigenvalue weighted by Crippen LogP contribution is -1.90. The Balaban J connectivity index is 2.29. The third-order valence-electron chi connectivity index (χ3n) is 1.25. The van der Waals surface area contributed by atoms with Crippen LogP contribution in [-0.2, 0) is 9.53 Å². The molecule has 0 radical (unpaired) electrons. The second kappa shape index (κ2) is 2.75. The molecule has 0 aromatic rings. The monoisotopic (exact) mass is 139 g/mol. The minimum absolute atomic E-state index is 0.0132. The Morgan fingerprint density at radius 1 is 1.60 bits per heavy atom. The van der Waals surface area contributed by atoms with E-state index >= 15 is 0 Å². The zero-order chi connectivity index (χ0) is 7.56. The standard InChI is InChI=1S/C7H9NO2/c1-5(9)2-3-6-7(4-8)10-6/h2-4,6-8H,1H3/b3-2-,8-4?. The summed E-state index contributed by atoms with van der Waals surface area (Å²) in [4.78, 5) is 10.4. The molecule has 1 aliphatic heterocycles. The molecule has 3 nitrogen and oxygen atoms in total. The topological polar surface area (TPSA) is 53.5 Å². The Morgan fingerprint density at radius 3 is 2.70 bits per heavy atom. The lowest BCUT2D eigenvalue weighted by molar-refractivity contribution is -0.112. The van der Waals surface area contributed by atoms with Crippen LogP contribution < -0.4 is 0 Å². The predicted octanol–water partition coefficient (Wildman–Crippen LogP) is 0.549. The molecule has 2 atom stereocenters. The molecule has 10 heavy (non-hydrogen) atoms. The maximum Gasteiger partial charge on any atom is 0.152 e. The van der Waals surface area contributed by atoms with E-state index in [-0.39, 0.29) is 18.0 Å². The number of hydrogen-bond acceptors (Lipinski definition) is 3. The van der Waals surface area contributed by atoms with Crippen LogP contribution in [0.2, 0.25) is 0 Å². The minimum atomic E-state index is -0.0874. The maximum atomic E-state index is 10.4. The zero-order valence-electron chi connectivity index (χ0n) is 5.70. The molecule has 1 heterocycles. The molecule has 1 saturated heterocycles. The highest BCUT2D eigenvalue weighted by molar-refractivity contribution is 5.87. The molecule has 0 bridgehead atoms. The highest BCUT2D eigenvalue weighted by atomic mass is 16.6. The Labute approximate surface area is 59.2 Å². The Hall–Kier alpha value is -0.960. The zero-order valence-corrected chi connectivity index (χ0v) is 5.70. The molecule has 54 valence electrons. The summed E-state index contributed by atoms with van der Waals surface area (Å²) in [5.41, 5.74) is 0. The SMILES string of the molecule is CC(=O)/C=C\C1OC1C=N. The van der Waals surface area contributed by atoms with Crippen molar-refractivity contribution in [2.75, 3.05) is 0 Å². The molecule has 1 fully saturated rings. The second-order valence-corrected chi connectivity index (χ2v) is 2.20. The van der Waals surface area contributed by atoms with E-state index in [4.69, 9.17) is 10.1 Å². The van der Waals surface area contributed by atoms with Crippen molar-refractivity contribution in [1.29, 1.82) is 5.41 Å². The van der Waals surface area contributed by atoms with E-state index in [0.29, 0.717) is 0 Å². The second-order valence-electron chi connectivity index (χ2n) is 2.20. The summed E-state index contributed by atoms with van der Waals surface area (Å²) < 4.78 is 4.93. The van der Waals surface area contributed by atoms with Gasteiger partial charge >= 0.3 is 0 Å². The predicted molar refractivity (Wildman–Crippen MR) is 37.3 cm³/mol. The van der Waals surface area contributed by atoms with Gasteiger partial charge in [-0.05, 0) is 19.1 Å². The molecule has 1 aliphatic rings. The third kappa shape index (κ3) is 1.77. The number of rotatable bonds is 3. The first-order chi connectivity index (χ1) is 4.74. The summed E-state index contributed by atoms with van der Waals surface area (Å²) in [6, 6.07) is 0. The minimum Gasteiger partial charge on any atom is -0.359 e. The molecule has 0 aliphatic carbocycles. The van der Waals surface area contributed by atoms with Gasteiger partial charge in [0.05, 0.1) is 0 Å². The van der Waals surface area contributed by atoms with Crippen molar-refractivity contribution < 1.29 is 9.53 Å². The van der Waals surface area contributed by atoms with E-state index in [9.17, 15) is 4.79 Å². The average Bonchev–Trinajstić information content (AvgIpc) is 2.61. The van der Waals surface area contributed by atoms with Crippen molar-refractivity contribution in [3.8, 4) is 0 Å². The van der Waals surface area contributed by atoms with Crippen molar-refractivity contribution in [3.05, 3.63) is 12.2 Å². The van der Waals surface area contributed by atoms with Gasteiger partial charge in [0.1, 0.15) is 12.2 Å². The van der Waals surface area contributed by atoms with Gasteiger partial charge in [0, 0.05) is 6.21 Å². The van der Waals surface area contributed by atoms with Crippen molar-refractivity contribution in [1.82, 2.24) is 0 Å². The summed E-state index contributed by atoms with van der Waals surface area (Å²) in [7, 11) is 0. The van der Waals surface area contributed by atoms with E-state index in [1.54, 1.807) is 6.08 Å². The highest BCUT2D eigenvalue weighted by Gasteiger charge is 2.34. The fraction of sp³-hybridized carbons (Fsp3) is 0.429. The van der Waals surface area contributed by atoms with Crippen LogP contribution in [0.3, 0.4) is 0 Å². The van der Waals surface area contributed by atoms with E-state index in [2.05, 4.69) is 0 Å².